The predicted octanol–water partition coefficient (Wildman–Crippen LogP) is 6.11. The van der Waals surface area contributed by atoms with Crippen molar-refractivity contribution < 1.29 is 9.36 Å². The average molecular weight is 369 g/mol. The van der Waals surface area contributed by atoms with Crippen molar-refractivity contribution in [1.29, 1.82) is 0 Å². The first-order valence-electron chi connectivity index (χ1n) is 7.65. The van der Waals surface area contributed by atoms with Crippen molar-refractivity contribution in [2.45, 2.75) is 25.7 Å². The van der Waals surface area contributed by atoms with E-state index in [1.165, 1.54) is 5.56 Å². The van der Waals surface area contributed by atoms with Crippen molar-refractivity contribution in [3.05, 3.63) is 69.7 Å². The molecule has 0 radical (unpaired) electrons. The fourth-order valence-corrected chi connectivity index (χ4v) is 4.48. The second-order valence-corrected chi connectivity index (χ2v) is 8.01. The molecule has 0 spiro atoms. The lowest BCUT2D eigenvalue weighted by Crippen LogP contribution is -1.98. The Morgan fingerprint density at radius 1 is 0.870 bits per heavy atom. The van der Waals surface area contributed by atoms with E-state index < -0.39 is 13.3 Å². The van der Waals surface area contributed by atoms with Crippen LogP contribution in [0.4, 0.5) is 0 Å². The van der Waals surface area contributed by atoms with Crippen LogP contribution in [-0.2, 0) is 11.0 Å². The number of hydrogen-bond acceptors (Lipinski definition) is 2. The molecule has 2 aromatic rings. The third-order valence-electron chi connectivity index (χ3n) is 3.66. The zero-order chi connectivity index (χ0) is 16.7. The number of unbranched alkanes of at least 4 members (excludes halogenated alkanes) is 2. The molecule has 2 nitrogen and oxygen atoms in total. The van der Waals surface area contributed by atoms with Gasteiger partial charge >= 0.3 is 0 Å². The first-order chi connectivity index (χ1) is 11.1. The molecule has 0 aliphatic carbocycles. The van der Waals surface area contributed by atoms with Gasteiger partial charge in [-0.1, -0.05) is 66.0 Å². The Morgan fingerprint density at radius 2 is 1.52 bits per heavy atom. The van der Waals surface area contributed by atoms with Gasteiger partial charge in [-0.15, -0.1) is 0 Å². The number of benzene rings is 2. The minimum atomic E-state index is -2.37. The summed E-state index contributed by atoms with van der Waals surface area (Å²) in [4.78, 5) is 12.2. The highest BCUT2D eigenvalue weighted by Crippen LogP contribution is 2.35. The molecule has 0 saturated carbocycles. The predicted molar refractivity (Wildman–Crippen MR) is 98.7 cm³/mol. The summed E-state index contributed by atoms with van der Waals surface area (Å²) in [5.41, 5.74) is 1.09. The molecular weight excluding hydrogens is 350 g/mol. The highest BCUT2D eigenvalue weighted by molar-refractivity contribution is 7.64. The van der Waals surface area contributed by atoms with E-state index in [0.717, 1.165) is 25.7 Å². The molecule has 2 rings (SSSR count). The lowest BCUT2D eigenvalue weighted by Gasteiger charge is -2.06. The van der Waals surface area contributed by atoms with Gasteiger partial charge in [0.1, 0.15) is 7.80 Å². The SMILES string of the molecule is O=C(c1c(Cl)cccc1Cl)[PH](=O)CCCCCc1ccccc1. The molecule has 0 heterocycles. The van der Waals surface area contributed by atoms with Crippen LogP contribution in [0, 0.1) is 0 Å². The zero-order valence-electron chi connectivity index (χ0n) is 12.7. The van der Waals surface area contributed by atoms with Crippen molar-refractivity contribution in [3.8, 4) is 0 Å². The normalized spacial score (nSPS) is 12.1. The van der Waals surface area contributed by atoms with Crippen LogP contribution in [0.3, 0.4) is 0 Å². The molecule has 0 aliphatic heterocycles. The van der Waals surface area contributed by atoms with Gasteiger partial charge in [0.05, 0.1) is 15.6 Å². The maximum Gasteiger partial charge on any atom is 0.221 e. The number of carbonyl (C=O) groups excluding carboxylic acids is 1. The summed E-state index contributed by atoms with van der Waals surface area (Å²) in [6.45, 7) is 0. The van der Waals surface area contributed by atoms with Crippen molar-refractivity contribution in [2.75, 3.05) is 6.16 Å². The molecule has 0 fully saturated rings. The number of aryl methyl sites for hydroxylation is 1. The van der Waals surface area contributed by atoms with E-state index in [4.69, 9.17) is 23.2 Å². The molecular formula is C18H19Cl2O2P. The van der Waals surface area contributed by atoms with Gasteiger partial charge in [-0.3, -0.25) is 4.79 Å². The minimum absolute atomic E-state index is 0.198. The summed E-state index contributed by atoms with van der Waals surface area (Å²) in [6.07, 6.45) is 4.18. The van der Waals surface area contributed by atoms with E-state index in [9.17, 15) is 9.36 Å². The van der Waals surface area contributed by atoms with E-state index in [1.54, 1.807) is 18.2 Å². The first kappa shape index (κ1) is 18.3. The smallest absolute Gasteiger partial charge is 0.221 e. The molecule has 0 N–H and O–H groups in total. The van der Waals surface area contributed by atoms with Gasteiger partial charge in [-0.05, 0) is 37.0 Å². The lowest BCUT2D eigenvalue weighted by atomic mass is 10.1. The summed E-state index contributed by atoms with van der Waals surface area (Å²) in [5.74, 6) is 0. The van der Waals surface area contributed by atoms with Crippen LogP contribution in [0.2, 0.25) is 10.0 Å². The third kappa shape index (κ3) is 5.49. The van der Waals surface area contributed by atoms with Gasteiger partial charge in [0.25, 0.3) is 0 Å². The van der Waals surface area contributed by atoms with Gasteiger partial charge in [0, 0.05) is 6.16 Å². The maximum atomic E-state index is 12.2. The third-order valence-corrected chi connectivity index (χ3v) is 5.85. The van der Waals surface area contributed by atoms with Crippen LogP contribution in [0.15, 0.2) is 48.5 Å². The highest BCUT2D eigenvalue weighted by atomic mass is 35.5. The maximum absolute atomic E-state index is 12.2. The quantitative estimate of drug-likeness (QED) is 0.416. The second-order valence-electron chi connectivity index (χ2n) is 5.40. The fourth-order valence-electron chi connectivity index (χ4n) is 2.40. The summed E-state index contributed by atoms with van der Waals surface area (Å²) in [6, 6.07) is 15.1. The topological polar surface area (TPSA) is 34.1 Å². The zero-order valence-corrected chi connectivity index (χ0v) is 15.2. The highest BCUT2D eigenvalue weighted by Gasteiger charge is 2.19. The fraction of sp³-hybridized carbons (Fsp3) is 0.278. The molecule has 0 aromatic heterocycles. The van der Waals surface area contributed by atoms with Gasteiger partial charge in [-0.25, -0.2) is 0 Å². The molecule has 0 bridgehead atoms. The van der Waals surface area contributed by atoms with Crippen molar-refractivity contribution in [3.63, 3.8) is 0 Å². The Kier molecular flexibility index (Phi) is 7.36. The lowest BCUT2D eigenvalue weighted by molar-refractivity contribution is 0.107. The van der Waals surface area contributed by atoms with Crippen molar-refractivity contribution in [1.82, 2.24) is 0 Å². The van der Waals surface area contributed by atoms with E-state index in [2.05, 4.69) is 12.1 Å². The molecule has 122 valence electrons. The molecule has 0 amide bonds. The van der Waals surface area contributed by atoms with E-state index in [1.807, 2.05) is 18.2 Å². The monoisotopic (exact) mass is 368 g/mol. The van der Waals surface area contributed by atoms with E-state index in [-0.39, 0.29) is 15.6 Å². The Morgan fingerprint density at radius 3 is 2.17 bits per heavy atom. The van der Waals surface area contributed by atoms with E-state index >= 15 is 0 Å². The largest absolute Gasteiger partial charge is 0.318 e. The van der Waals surface area contributed by atoms with Gasteiger partial charge in [-0.2, -0.15) is 0 Å². The van der Waals surface area contributed by atoms with E-state index in [0.29, 0.717) is 6.16 Å². The summed E-state index contributed by atoms with van der Waals surface area (Å²) < 4.78 is 12.2. The van der Waals surface area contributed by atoms with Gasteiger partial charge < -0.3 is 4.57 Å². The van der Waals surface area contributed by atoms with Crippen molar-refractivity contribution >= 4 is 36.5 Å². The van der Waals surface area contributed by atoms with Gasteiger partial charge in [0.2, 0.25) is 5.52 Å². The number of carbonyl (C=O) groups is 1. The molecule has 0 aliphatic rings. The molecule has 1 unspecified atom stereocenters. The Balaban J connectivity index is 1.77. The molecule has 2 aromatic carbocycles. The Hall–Kier alpha value is -1.08. The molecule has 1 atom stereocenters. The summed E-state index contributed by atoms with van der Waals surface area (Å²) in [7, 11) is -2.37. The van der Waals surface area contributed by atoms with Crippen molar-refractivity contribution in [2.24, 2.45) is 0 Å². The Bertz CT molecular complexity index is 666. The van der Waals surface area contributed by atoms with Crippen LogP contribution < -0.4 is 0 Å². The summed E-state index contributed by atoms with van der Waals surface area (Å²) >= 11 is 12.0. The Labute approximate surface area is 147 Å². The number of hydrogen-bond donors (Lipinski definition) is 0. The van der Waals surface area contributed by atoms with Crippen LogP contribution in [0.5, 0.6) is 0 Å². The number of halogens is 2. The molecule has 23 heavy (non-hydrogen) atoms. The van der Waals surface area contributed by atoms with Crippen LogP contribution in [0.25, 0.3) is 0 Å². The average Bonchev–Trinajstić information content (AvgIpc) is 2.55. The van der Waals surface area contributed by atoms with Crippen LogP contribution in [-0.4, -0.2) is 11.7 Å². The van der Waals surface area contributed by atoms with Crippen LogP contribution in [0.1, 0.15) is 35.2 Å². The first-order valence-corrected chi connectivity index (χ1v) is 10.0. The minimum Gasteiger partial charge on any atom is -0.318 e. The molecule has 5 heteroatoms. The summed E-state index contributed by atoms with van der Waals surface area (Å²) in [5, 5.41) is 0.537. The molecule has 0 saturated heterocycles. The van der Waals surface area contributed by atoms with Gasteiger partial charge in [0.15, 0.2) is 0 Å². The standard InChI is InChI=1S/C18H19Cl2O2P/c19-15-11-7-12-16(20)17(15)18(21)23(22)13-6-2-5-10-14-8-3-1-4-9-14/h1,3-4,7-9,11-12,23H,2,5-6,10,13H2. The van der Waals surface area contributed by atoms with Crippen LogP contribution >= 0.6 is 31.0 Å². The number of rotatable bonds is 8. The second kappa shape index (κ2) is 9.27.